The smallest absolute Gasteiger partial charge is 0.123 e. The van der Waals surface area contributed by atoms with Gasteiger partial charge in [-0.05, 0) is 43.0 Å². The van der Waals surface area contributed by atoms with E-state index in [1.54, 1.807) is 12.1 Å². The van der Waals surface area contributed by atoms with Crippen LogP contribution < -0.4 is 0 Å². The first kappa shape index (κ1) is 10.6. The molecule has 1 heterocycles. The van der Waals surface area contributed by atoms with Crippen LogP contribution in [0.15, 0.2) is 24.3 Å². The lowest BCUT2D eigenvalue weighted by atomic mass is 10.00. The lowest BCUT2D eigenvalue weighted by molar-refractivity contribution is 0.176. The Morgan fingerprint density at radius 2 is 2.07 bits per heavy atom. The van der Waals surface area contributed by atoms with Gasteiger partial charge in [0.2, 0.25) is 0 Å². The minimum absolute atomic E-state index is 0.147. The van der Waals surface area contributed by atoms with Gasteiger partial charge in [-0.15, -0.1) is 0 Å². The minimum Gasteiger partial charge on any atom is -0.299 e. The molecule has 1 aliphatic rings. The molecule has 1 aromatic carbocycles. The molecule has 82 valence electrons. The van der Waals surface area contributed by atoms with Gasteiger partial charge in [0.05, 0.1) is 0 Å². The summed E-state index contributed by atoms with van der Waals surface area (Å²) in [6.45, 7) is 5.63. The van der Waals surface area contributed by atoms with E-state index in [9.17, 15) is 4.39 Å². The van der Waals surface area contributed by atoms with Gasteiger partial charge in [-0.1, -0.05) is 19.1 Å². The summed E-state index contributed by atoms with van der Waals surface area (Å²) in [7, 11) is 0. The van der Waals surface area contributed by atoms with Crippen LogP contribution in [-0.4, -0.2) is 18.0 Å². The Balaban J connectivity index is 1.93. The molecule has 15 heavy (non-hydrogen) atoms. The van der Waals surface area contributed by atoms with E-state index in [2.05, 4.69) is 11.8 Å². The lowest BCUT2D eigenvalue weighted by Gasteiger charge is -2.30. The molecule has 2 heteroatoms. The number of hydrogen-bond donors (Lipinski definition) is 0. The predicted octanol–water partition coefficient (Wildman–Crippen LogP) is 3.06. The van der Waals surface area contributed by atoms with E-state index in [1.165, 1.54) is 31.5 Å². The molecule has 0 N–H and O–H groups in total. The SMILES string of the molecule is CC1CCCN(Cc2ccc(F)cc2)C1. The average Bonchev–Trinajstić information content (AvgIpc) is 2.22. The fourth-order valence-corrected chi connectivity index (χ4v) is 2.28. The Kier molecular flexibility index (Phi) is 3.37. The summed E-state index contributed by atoms with van der Waals surface area (Å²) < 4.78 is 12.7. The van der Waals surface area contributed by atoms with Crippen molar-refractivity contribution >= 4 is 0 Å². The van der Waals surface area contributed by atoms with E-state index in [0.29, 0.717) is 0 Å². The molecular formula is C13H18FN. The van der Waals surface area contributed by atoms with Gasteiger partial charge < -0.3 is 0 Å². The molecule has 0 aliphatic carbocycles. The molecule has 0 saturated carbocycles. The Morgan fingerprint density at radius 1 is 1.33 bits per heavy atom. The third-order valence-electron chi connectivity index (χ3n) is 3.06. The zero-order valence-corrected chi connectivity index (χ0v) is 9.25. The molecule has 0 bridgehead atoms. The lowest BCUT2D eigenvalue weighted by Crippen LogP contribution is -2.33. The monoisotopic (exact) mass is 207 g/mol. The van der Waals surface area contributed by atoms with Crippen molar-refractivity contribution in [3.05, 3.63) is 35.6 Å². The first-order valence-electron chi connectivity index (χ1n) is 5.71. The van der Waals surface area contributed by atoms with Crippen LogP contribution in [0.1, 0.15) is 25.3 Å². The van der Waals surface area contributed by atoms with Crippen molar-refractivity contribution in [2.24, 2.45) is 5.92 Å². The van der Waals surface area contributed by atoms with E-state index >= 15 is 0 Å². The third kappa shape index (κ3) is 3.03. The van der Waals surface area contributed by atoms with Crippen LogP contribution in [0.25, 0.3) is 0 Å². The maximum atomic E-state index is 12.7. The van der Waals surface area contributed by atoms with Gasteiger partial charge in [-0.3, -0.25) is 4.90 Å². The molecule has 0 radical (unpaired) electrons. The fraction of sp³-hybridized carbons (Fsp3) is 0.538. The van der Waals surface area contributed by atoms with Gasteiger partial charge in [-0.2, -0.15) is 0 Å². The number of piperidine rings is 1. The highest BCUT2D eigenvalue weighted by atomic mass is 19.1. The molecule has 1 nitrogen and oxygen atoms in total. The molecule has 1 aromatic rings. The van der Waals surface area contributed by atoms with Crippen molar-refractivity contribution in [3.8, 4) is 0 Å². The number of benzene rings is 1. The molecule has 1 saturated heterocycles. The highest BCUT2D eigenvalue weighted by molar-refractivity contribution is 5.15. The number of rotatable bonds is 2. The van der Waals surface area contributed by atoms with Crippen molar-refractivity contribution in [3.63, 3.8) is 0 Å². The second-order valence-electron chi connectivity index (χ2n) is 4.61. The van der Waals surface area contributed by atoms with Crippen LogP contribution in [0.4, 0.5) is 4.39 Å². The van der Waals surface area contributed by atoms with Crippen molar-refractivity contribution in [1.29, 1.82) is 0 Å². The summed E-state index contributed by atoms with van der Waals surface area (Å²) in [4.78, 5) is 2.46. The second kappa shape index (κ2) is 4.75. The zero-order valence-electron chi connectivity index (χ0n) is 9.25. The Morgan fingerprint density at radius 3 is 2.73 bits per heavy atom. The second-order valence-corrected chi connectivity index (χ2v) is 4.61. The van der Waals surface area contributed by atoms with E-state index in [4.69, 9.17) is 0 Å². The molecule has 1 aliphatic heterocycles. The van der Waals surface area contributed by atoms with Gasteiger partial charge in [0.1, 0.15) is 5.82 Å². The summed E-state index contributed by atoms with van der Waals surface area (Å²) in [6.07, 6.45) is 2.64. The van der Waals surface area contributed by atoms with Gasteiger partial charge in [0, 0.05) is 13.1 Å². The highest BCUT2D eigenvalue weighted by Gasteiger charge is 2.15. The van der Waals surface area contributed by atoms with Crippen LogP contribution in [0, 0.1) is 11.7 Å². The molecular weight excluding hydrogens is 189 g/mol. The standard InChI is InChI=1S/C13H18FN/c1-11-3-2-8-15(9-11)10-12-4-6-13(14)7-5-12/h4-7,11H,2-3,8-10H2,1H3. The van der Waals surface area contributed by atoms with Crippen molar-refractivity contribution < 1.29 is 4.39 Å². The van der Waals surface area contributed by atoms with Crippen molar-refractivity contribution in [2.45, 2.75) is 26.3 Å². The summed E-state index contributed by atoms with van der Waals surface area (Å²) in [5.41, 5.74) is 1.21. The van der Waals surface area contributed by atoms with E-state index < -0.39 is 0 Å². The summed E-state index contributed by atoms with van der Waals surface area (Å²) >= 11 is 0. The molecule has 1 fully saturated rings. The first-order valence-corrected chi connectivity index (χ1v) is 5.71. The summed E-state index contributed by atoms with van der Waals surface area (Å²) in [5, 5.41) is 0. The van der Waals surface area contributed by atoms with E-state index in [0.717, 1.165) is 12.5 Å². The van der Waals surface area contributed by atoms with Crippen molar-refractivity contribution in [1.82, 2.24) is 4.90 Å². The predicted molar refractivity (Wildman–Crippen MR) is 60.1 cm³/mol. The Bertz CT molecular complexity index is 307. The molecule has 0 aromatic heterocycles. The number of likely N-dealkylation sites (tertiary alicyclic amines) is 1. The Hall–Kier alpha value is -0.890. The van der Waals surface area contributed by atoms with Crippen LogP contribution in [0.2, 0.25) is 0 Å². The minimum atomic E-state index is -0.147. The third-order valence-corrected chi connectivity index (χ3v) is 3.06. The number of halogens is 1. The molecule has 0 spiro atoms. The maximum absolute atomic E-state index is 12.7. The first-order chi connectivity index (χ1) is 7.24. The summed E-state index contributed by atoms with van der Waals surface area (Å²) in [6, 6.07) is 6.86. The maximum Gasteiger partial charge on any atom is 0.123 e. The van der Waals surface area contributed by atoms with Crippen LogP contribution >= 0.6 is 0 Å². The molecule has 1 atom stereocenters. The average molecular weight is 207 g/mol. The van der Waals surface area contributed by atoms with E-state index in [-0.39, 0.29) is 5.82 Å². The van der Waals surface area contributed by atoms with Gasteiger partial charge in [0.15, 0.2) is 0 Å². The number of hydrogen-bond acceptors (Lipinski definition) is 1. The Labute approximate surface area is 90.9 Å². The van der Waals surface area contributed by atoms with E-state index in [1.807, 2.05) is 12.1 Å². The van der Waals surface area contributed by atoms with Crippen LogP contribution in [-0.2, 0) is 6.54 Å². The largest absolute Gasteiger partial charge is 0.299 e. The van der Waals surface area contributed by atoms with Gasteiger partial charge >= 0.3 is 0 Å². The van der Waals surface area contributed by atoms with Crippen molar-refractivity contribution in [2.75, 3.05) is 13.1 Å². The van der Waals surface area contributed by atoms with Gasteiger partial charge in [-0.25, -0.2) is 4.39 Å². The fourth-order valence-electron chi connectivity index (χ4n) is 2.28. The quantitative estimate of drug-likeness (QED) is 0.720. The van der Waals surface area contributed by atoms with Gasteiger partial charge in [0.25, 0.3) is 0 Å². The highest BCUT2D eigenvalue weighted by Crippen LogP contribution is 2.17. The van der Waals surface area contributed by atoms with Crippen LogP contribution in [0.5, 0.6) is 0 Å². The summed E-state index contributed by atoms with van der Waals surface area (Å²) in [5.74, 6) is 0.657. The zero-order chi connectivity index (χ0) is 10.7. The topological polar surface area (TPSA) is 3.24 Å². The molecule has 2 rings (SSSR count). The molecule has 1 unspecified atom stereocenters. The molecule has 0 amide bonds. The van der Waals surface area contributed by atoms with Crippen LogP contribution in [0.3, 0.4) is 0 Å². The normalized spacial score (nSPS) is 22.9. The number of nitrogens with zero attached hydrogens (tertiary/aromatic N) is 1.